The first-order valence-corrected chi connectivity index (χ1v) is 12.2. The molecule has 0 atom stereocenters. The summed E-state index contributed by atoms with van der Waals surface area (Å²) in [6, 6.07) is 18.7. The fourth-order valence-corrected chi connectivity index (χ4v) is 6.00. The lowest BCUT2D eigenvalue weighted by atomic mass is 10.00. The summed E-state index contributed by atoms with van der Waals surface area (Å²) in [5.41, 5.74) is 4.82. The molecule has 3 heterocycles. The van der Waals surface area contributed by atoms with Crippen LogP contribution in [0.4, 0.5) is 15.2 Å². The Morgan fingerprint density at radius 2 is 1.70 bits per heavy atom. The van der Waals surface area contributed by atoms with Gasteiger partial charge in [0, 0.05) is 24.3 Å². The molecule has 0 spiro atoms. The van der Waals surface area contributed by atoms with Crippen molar-refractivity contribution >= 4 is 59.8 Å². The first-order chi connectivity index (χ1) is 16.0. The predicted molar refractivity (Wildman–Crippen MR) is 134 cm³/mol. The molecular formula is C25H19FN4OS2. The van der Waals surface area contributed by atoms with E-state index in [0.717, 1.165) is 37.1 Å². The van der Waals surface area contributed by atoms with Crippen LogP contribution in [0.25, 0.3) is 31.0 Å². The summed E-state index contributed by atoms with van der Waals surface area (Å²) in [7, 11) is 0. The van der Waals surface area contributed by atoms with E-state index in [1.165, 1.54) is 33.7 Å². The molecule has 2 aromatic heterocycles. The van der Waals surface area contributed by atoms with Crippen LogP contribution < -0.4 is 10.2 Å². The number of nitrogens with zero attached hydrogens (tertiary/aromatic N) is 3. The number of aryl methyl sites for hydroxylation is 1. The van der Waals surface area contributed by atoms with Gasteiger partial charge in [-0.1, -0.05) is 17.4 Å². The van der Waals surface area contributed by atoms with Crippen molar-refractivity contribution in [2.45, 2.75) is 6.92 Å². The summed E-state index contributed by atoms with van der Waals surface area (Å²) in [6.07, 6.45) is 0. The van der Waals surface area contributed by atoms with Gasteiger partial charge in [0.2, 0.25) is 5.91 Å². The largest absolute Gasteiger partial charge is 0.346 e. The molecule has 1 N–H and O–H groups in total. The number of nitrogens with one attached hydrogen (secondary N) is 1. The number of benzene rings is 3. The molecule has 3 aromatic carbocycles. The maximum Gasteiger partial charge on any atom is 0.231 e. The minimum Gasteiger partial charge on any atom is -0.346 e. The highest BCUT2D eigenvalue weighted by atomic mass is 32.1. The Balaban J connectivity index is 1.09. The number of thiazole rings is 2. The molecule has 5 aromatic rings. The molecule has 1 aliphatic rings. The third-order valence-electron chi connectivity index (χ3n) is 5.81. The lowest BCUT2D eigenvalue weighted by molar-refractivity contribution is -0.120. The van der Waals surface area contributed by atoms with Gasteiger partial charge in [0.25, 0.3) is 0 Å². The van der Waals surface area contributed by atoms with Crippen LogP contribution in [0.5, 0.6) is 0 Å². The summed E-state index contributed by atoms with van der Waals surface area (Å²) in [5.74, 6) is -0.356. The second-order valence-electron chi connectivity index (χ2n) is 8.27. The van der Waals surface area contributed by atoms with E-state index < -0.39 is 0 Å². The zero-order chi connectivity index (χ0) is 22.5. The molecule has 164 valence electrons. The van der Waals surface area contributed by atoms with E-state index in [0.29, 0.717) is 13.1 Å². The number of aromatic nitrogens is 2. The van der Waals surface area contributed by atoms with Gasteiger partial charge in [0.15, 0.2) is 5.13 Å². The van der Waals surface area contributed by atoms with E-state index in [1.54, 1.807) is 17.4 Å². The third-order valence-corrected chi connectivity index (χ3v) is 7.95. The molecule has 1 amide bonds. The zero-order valence-electron chi connectivity index (χ0n) is 17.7. The normalized spacial score (nSPS) is 14.1. The second kappa shape index (κ2) is 7.90. The summed E-state index contributed by atoms with van der Waals surface area (Å²) < 4.78 is 15.4. The molecule has 1 saturated heterocycles. The van der Waals surface area contributed by atoms with Gasteiger partial charge < -0.3 is 10.2 Å². The number of hydrogen-bond donors (Lipinski definition) is 1. The summed E-state index contributed by atoms with van der Waals surface area (Å²) in [4.78, 5) is 24.0. The SMILES string of the molecule is Cc1ccc2nc(-c3ccc(NC(=O)C4CN(c5nc6ccc(F)cc6s5)C4)cc3)sc2c1. The number of halogens is 1. The number of fused-ring (bicyclic) bond motifs is 2. The van der Waals surface area contributed by atoms with Gasteiger partial charge in [-0.2, -0.15) is 0 Å². The van der Waals surface area contributed by atoms with Crippen LogP contribution in [0.1, 0.15) is 5.56 Å². The van der Waals surface area contributed by atoms with Crippen molar-refractivity contribution < 1.29 is 9.18 Å². The van der Waals surface area contributed by atoms with Gasteiger partial charge in [-0.05, 0) is 67.1 Å². The van der Waals surface area contributed by atoms with Crippen LogP contribution in [-0.4, -0.2) is 29.0 Å². The zero-order valence-corrected chi connectivity index (χ0v) is 19.3. The highest BCUT2D eigenvalue weighted by Gasteiger charge is 2.34. The van der Waals surface area contributed by atoms with Crippen molar-refractivity contribution in [1.82, 2.24) is 9.97 Å². The van der Waals surface area contributed by atoms with Crippen LogP contribution in [0.2, 0.25) is 0 Å². The third kappa shape index (κ3) is 3.85. The molecule has 33 heavy (non-hydrogen) atoms. The fourth-order valence-electron chi connectivity index (χ4n) is 3.92. The number of rotatable bonds is 4. The number of amides is 1. The van der Waals surface area contributed by atoms with Crippen LogP contribution in [0.15, 0.2) is 60.7 Å². The summed E-state index contributed by atoms with van der Waals surface area (Å²) >= 11 is 3.13. The average Bonchev–Trinajstić information content (AvgIpc) is 3.36. The monoisotopic (exact) mass is 474 g/mol. The van der Waals surface area contributed by atoms with Crippen molar-refractivity contribution in [3.63, 3.8) is 0 Å². The van der Waals surface area contributed by atoms with Crippen molar-refractivity contribution in [3.8, 4) is 10.6 Å². The van der Waals surface area contributed by atoms with Crippen molar-refractivity contribution in [2.75, 3.05) is 23.3 Å². The van der Waals surface area contributed by atoms with Gasteiger partial charge in [0.1, 0.15) is 10.8 Å². The van der Waals surface area contributed by atoms with Gasteiger partial charge in [0.05, 0.1) is 26.4 Å². The summed E-state index contributed by atoms with van der Waals surface area (Å²) in [6.45, 7) is 3.30. The standard InChI is InChI=1S/C25H19FN4OS2/c1-14-2-8-19-21(10-14)32-24(28-19)15-3-6-18(7-4-15)27-23(31)16-12-30(13-16)25-29-20-9-5-17(26)11-22(20)33-25/h2-11,16H,12-13H2,1H3,(H,27,31). The topological polar surface area (TPSA) is 58.1 Å². The molecule has 1 aliphatic heterocycles. The molecule has 6 rings (SSSR count). The van der Waals surface area contributed by atoms with Crippen LogP contribution >= 0.6 is 22.7 Å². The number of hydrogen-bond acceptors (Lipinski definition) is 6. The number of carbonyl (C=O) groups is 1. The van der Waals surface area contributed by atoms with E-state index in [-0.39, 0.29) is 17.6 Å². The minimum atomic E-state index is -0.261. The number of carbonyl (C=O) groups excluding carboxylic acids is 1. The highest BCUT2D eigenvalue weighted by Crippen LogP contribution is 2.34. The van der Waals surface area contributed by atoms with E-state index in [9.17, 15) is 9.18 Å². The van der Waals surface area contributed by atoms with Gasteiger partial charge >= 0.3 is 0 Å². The van der Waals surface area contributed by atoms with E-state index >= 15 is 0 Å². The Labute approximate surface area is 197 Å². The molecule has 0 unspecified atom stereocenters. The van der Waals surface area contributed by atoms with Crippen molar-refractivity contribution in [3.05, 3.63) is 72.0 Å². The molecule has 8 heteroatoms. The average molecular weight is 475 g/mol. The second-order valence-corrected chi connectivity index (χ2v) is 10.3. The quantitative estimate of drug-likeness (QED) is 0.342. The van der Waals surface area contributed by atoms with E-state index in [4.69, 9.17) is 4.98 Å². The Morgan fingerprint density at radius 3 is 2.52 bits per heavy atom. The Hall–Kier alpha value is -3.36. The molecule has 5 nitrogen and oxygen atoms in total. The maximum absolute atomic E-state index is 13.4. The molecule has 0 radical (unpaired) electrons. The molecule has 0 aliphatic carbocycles. The molecule has 0 bridgehead atoms. The van der Waals surface area contributed by atoms with Gasteiger partial charge in [-0.3, -0.25) is 4.79 Å². The fraction of sp³-hybridized carbons (Fsp3) is 0.160. The lowest BCUT2D eigenvalue weighted by Gasteiger charge is -2.37. The minimum absolute atomic E-state index is 0.00150. The van der Waals surface area contributed by atoms with Crippen molar-refractivity contribution in [1.29, 1.82) is 0 Å². The van der Waals surface area contributed by atoms with E-state index in [2.05, 4.69) is 34.3 Å². The summed E-state index contributed by atoms with van der Waals surface area (Å²) in [5, 5.41) is 4.81. The number of anilines is 2. The predicted octanol–water partition coefficient (Wildman–Crippen LogP) is 6.10. The maximum atomic E-state index is 13.4. The Morgan fingerprint density at radius 1 is 0.970 bits per heavy atom. The Kier molecular flexibility index (Phi) is 4.85. The van der Waals surface area contributed by atoms with E-state index in [1.807, 2.05) is 30.3 Å². The first kappa shape index (κ1) is 20.3. The van der Waals surface area contributed by atoms with Gasteiger partial charge in [-0.15, -0.1) is 11.3 Å². The van der Waals surface area contributed by atoms with Gasteiger partial charge in [-0.25, -0.2) is 14.4 Å². The van der Waals surface area contributed by atoms with Crippen LogP contribution in [0, 0.1) is 18.7 Å². The van der Waals surface area contributed by atoms with Crippen LogP contribution in [0.3, 0.4) is 0 Å². The highest BCUT2D eigenvalue weighted by molar-refractivity contribution is 7.22. The molecular weight excluding hydrogens is 455 g/mol. The lowest BCUT2D eigenvalue weighted by Crippen LogP contribution is -2.52. The smallest absolute Gasteiger partial charge is 0.231 e. The molecule has 0 saturated carbocycles. The molecule has 1 fully saturated rings. The first-order valence-electron chi connectivity index (χ1n) is 10.6. The van der Waals surface area contributed by atoms with Crippen LogP contribution in [-0.2, 0) is 4.79 Å². The Bertz CT molecular complexity index is 1500. The van der Waals surface area contributed by atoms with Crippen molar-refractivity contribution in [2.24, 2.45) is 5.92 Å².